The largest absolute Gasteiger partial charge is 0.449 e. The van der Waals surface area contributed by atoms with Crippen molar-refractivity contribution in [3.63, 3.8) is 0 Å². The van der Waals surface area contributed by atoms with Crippen LogP contribution in [0.2, 0.25) is 0 Å². The fourth-order valence-corrected chi connectivity index (χ4v) is 2.77. The van der Waals surface area contributed by atoms with E-state index in [0.29, 0.717) is 34.0 Å². The van der Waals surface area contributed by atoms with E-state index in [2.05, 4.69) is 15.3 Å². The number of ketones is 1. The van der Waals surface area contributed by atoms with Gasteiger partial charge < -0.3 is 9.72 Å². The number of H-pyrrole nitrogens is 1. The number of aromatic amines is 1. The monoisotopic (exact) mass is 329 g/mol. The maximum Gasteiger partial charge on any atom is 0.413 e. The van der Waals surface area contributed by atoms with Gasteiger partial charge in [-0.05, 0) is 36.1 Å². The molecule has 0 saturated heterocycles. The van der Waals surface area contributed by atoms with Crippen molar-refractivity contribution in [2.45, 2.75) is 13.3 Å². The van der Waals surface area contributed by atoms with Crippen LogP contribution in [0.5, 0.6) is 0 Å². The second-order valence-corrected chi connectivity index (χ2v) is 5.83. The smallest absolute Gasteiger partial charge is 0.413 e. The van der Waals surface area contributed by atoms with E-state index in [-0.39, 0.29) is 5.78 Å². The lowest BCUT2D eigenvalue weighted by Crippen LogP contribution is -2.14. The predicted octanol–water partition coefficient (Wildman–Crippen LogP) is 3.81. The SMILES string of the molecule is CCCOC(=O)Nc1nc2ccc(C(=O)c3cccs3)cc2[nH]1. The minimum atomic E-state index is -0.555. The molecule has 0 aliphatic rings. The van der Waals surface area contributed by atoms with E-state index < -0.39 is 6.09 Å². The molecule has 0 aliphatic heterocycles. The van der Waals surface area contributed by atoms with Crippen molar-refractivity contribution in [1.29, 1.82) is 0 Å². The first-order chi connectivity index (χ1) is 11.2. The van der Waals surface area contributed by atoms with Crippen LogP contribution in [0.15, 0.2) is 35.7 Å². The summed E-state index contributed by atoms with van der Waals surface area (Å²) in [5.74, 6) is 0.259. The maximum absolute atomic E-state index is 12.3. The fourth-order valence-electron chi connectivity index (χ4n) is 2.09. The van der Waals surface area contributed by atoms with Gasteiger partial charge in [0.05, 0.1) is 22.5 Å². The molecule has 0 unspecified atom stereocenters. The van der Waals surface area contributed by atoms with Crippen molar-refractivity contribution in [3.8, 4) is 0 Å². The number of aromatic nitrogens is 2. The molecule has 23 heavy (non-hydrogen) atoms. The topological polar surface area (TPSA) is 84.1 Å². The Labute approximate surface area is 136 Å². The van der Waals surface area contributed by atoms with Gasteiger partial charge in [-0.2, -0.15) is 0 Å². The van der Waals surface area contributed by atoms with Crippen LogP contribution < -0.4 is 5.32 Å². The van der Waals surface area contributed by atoms with Crippen LogP contribution in [0, 0.1) is 0 Å². The number of carbonyl (C=O) groups is 2. The molecule has 0 saturated carbocycles. The first-order valence-electron chi connectivity index (χ1n) is 7.19. The van der Waals surface area contributed by atoms with Crippen LogP contribution in [0.3, 0.4) is 0 Å². The second-order valence-electron chi connectivity index (χ2n) is 4.88. The standard InChI is InChI=1S/C16H15N3O3S/c1-2-7-22-16(21)19-15-17-11-6-5-10(9-12(11)18-15)14(20)13-4-3-8-23-13/h3-6,8-9H,2,7H2,1H3,(H2,17,18,19,21). The zero-order valence-corrected chi connectivity index (χ0v) is 13.3. The van der Waals surface area contributed by atoms with Gasteiger partial charge in [0.15, 0.2) is 0 Å². The highest BCUT2D eigenvalue weighted by molar-refractivity contribution is 7.12. The van der Waals surface area contributed by atoms with Gasteiger partial charge in [0.1, 0.15) is 0 Å². The Hall–Kier alpha value is -2.67. The van der Waals surface area contributed by atoms with Crippen molar-refractivity contribution in [3.05, 3.63) is 46.2 Å². The summed E-state index contributed by atoms with van der Waals surface area (Å²) in [5, 5.41) is 4.40. The minimum Gasteiger partial charge on any atom is -0.449 e. The van der Waals surface area contributed by atoms with Crippen LogP contribution in [0.4, 0.5) is 10.7 Å². The van der Waals surface area contributed by atoms with E-state index in [1.54, 1.807) is 24.3 Å². The molecule has 0 aliphatic carbocycles. The fraction of sp³-hybridized carbons (Fsp3) is 0.188. The molecule has 3 rings (SSSR count). The molecule has 2 heterocycles. The Bertz CT molecular complexity index is 840. The van der Waals surface area contributed by atoms with E-state index >= 15 is 0 Å². The van der Waals surface area contributed by atoms with E-state index in [9.17, 15) is 9.59 Å². The molecule has 0 atom stereocenters. The Morgan fingerprint density at radius 1 is 1.35 bits per heavy atom. The van der Waals surface area contributed by atoms with Gasteiger partial charge in [0.25, 0.3) is 0 Å². The minimum absolute atomic E-state index is 0.0339. The van der Waals surface area contributed by atoms with Crippen molar-refractivity contribution in [2.24, 2.45) is 0 Å². The molecule has 0 fully saturated rings. The lowest BCUT2D eigenvalue weighted by Gasteiger charge is -2.02. The molecule has 0 bridgehead atoms. The van der Waals surface area contributed by atoms with E-state index in [1.807, 2.05) is 18.4 Å². The summed E-state index contributed by atoms with van der Waals surface area (Å²) in [6.07, 6.45) is 0.197. The second kappa shape index (κ2) is 6.62. The number of anilines is 1. The maximum atomic E-state index is 12.3. The molecule has 0 radical (unpaired) electrons. The highest BCUT2D eigenvalue weighted by Crippen LogP contribution is 2.20. The number of amides is 1. The molecule has 2 aromatic heterocycles. The summed E-state index contributed by atoms with van der Waals surface area (Å²) in [6.45, 7) is 2.27. The molecule has 118 valence electrons. The third kappa shape index (κ3) is 3.40. The number of hydrogen-bond donors (Lipinski definition) is 2. The average Bonchev–Trinajstić information content (AvgIpc) is 3.20. The molecular formula is C16H15N3O3S. The summed E-state index contributed by atoms with van der Waals surface area (Å²) in [6, 6.07) is 8.84. The third-order valence-electron chi connectivity index (χ3n) is 3.15. The molecule has 6 nitrogen and oxygen atoms in total. The molecule has 1 aromatic carbocycles. The van der Waals surface area contributed by atoms with Crippen LogP contribution in [0.1, 0.15) is 28.6 Å². The number of nitrogens with one attached hydrogen (secondary N) is 2. The predicted molar refractivity (Wildman–Crippen MR) is 89.1 cm³/mol. The van der Waals surface area contributed by atoms with Crippen molar-refractivity contribution in [2.75, 3.05) is 11.9 Å². The summed E-state index contributed by atoms with van der Waals surface area (Å²) < 4.78 is 4.94. The highest BCUT2D eigenvalue weighted by Gasteiger charge is 2.13. The third-order valence-corrected chi connectivity index (χ3v) is 4.02. The first-order valence-corrected chi connectivity index (χ1v) is 8.07. The summed E-state index contributed by atoms with van der Waals surface area (Å²) in [5.41, 5.74) is 1.92. The Morgan fingerprint density at radius 3 is 2.96 bits per heavy atom. The van der Waals surface area contributed by atoms with E-state index in [4.69, 9.17) is 4.74 Å². The lowest BCUT2D eigenvalue weighted by molar-refractivity contribution is 0.104. The van der Waals surface area contributed by atoms with Gasteiger partial charge >= 0.3 is 6.09 Å². The van der Waals surface area contributed by atoms with Gasteiger partial charge in [-0.3, -0.25) is 10.1 Å². The molecule has 1 amide bonds. The number of nitrogens with zero attached hydrogens (tertiary/aromatic N) is 1. The number of benzene rings is 1. The summed E-state index contributed by atoms with van der Waals surface area (Å²) in [7, 11) is 0. The van der Waals surface area contributed by atoms with Crippen LogP contribution in [-0.4, -0.2) is 28.5 Å². The number of fused-ring (bicyclic) bond motifs is 1. The van der Waals surface area contributed by atoms with Crippen molar-refractivity contribution in [1.82, 2.24) is 9.97 Å². The number of rotatable bonds is 5. The normalized spacial score (nSPS) is 10.7. The Morgan fingerprint density at radius 2 is 2.22 bits per heavy atom. The van der Waals surface area contributed by atoms with E-state index in [0.717, 1.165) is 6.42 Å². The lowest BCUT2D eigenvalue weighted by atomic mass is 10.1. The van der Waals surface area contributed by atoms with Gasteiger partial charge in [-0.15, -0.1) is 11.3 Å². The number of imidazole rings is 1. The van der Waals surface area contributed by atoms with Crippen molar-refractivity contribution >= 4 is 40.2 Å². The quantitative estimate of drug-likeness (QED) is 0.697. The number of ether oxygens (including phenoxy) is 1. The average molecular weight is 329 g/mol. The van der Waals surface area contributed by atoms with E-state index in [1.165, 1.54) is 11.3 Å². The Balaban J connectivity index is 1.81. The van der Waals surface area contributed by atoms with Gasteiger partial charge in [-0.1, -0.05) is 13.0 Å². The summed E-state index contributed by atoms with van der Waals surface area (Å²) in [4.78, 5) is 31.8. The number of thiophene rings is 1. The Kier molecular flexibility index (Phi) is 4.38. The number of hydrogen-bond acceptors (Lipinski definition) is 5. The molecule has 3 aromatic rings. The molecule has 7 heteroatoms. The zero-order chi connectivity index (χ0) is 16.2. The van der Waals surface area contributed by atoms with Crippen LogP contribution >= 0.6 is 11.3 Å². The van der Waals surface area contributed by atoms with Gasteiger partial charge in [0.2, 0.25) is 11.7 Å². The molecule has 2 N–H and O–H groups in total. The summed E-state index contributed by atoms with van der Waals surface area (Å²) >= 11 is 1.40. The van der Waals surface area contributed by atoms with Gasteiger partial charge in [-0.25, -0.2) is 9.78 Å². The van der Waals surface area contributed by atoms with Crippen molar-refractivity contribution < 1.29 is 14.3 Å². The molecular weight excluding hydrogens is 314 g/mol. The zero-order valence-electron chi connectivity index (χ0n) is 12.5. The van der Waals surface area contributed by atoms with Crippen LogP contribution in [0.25, 0.3) is 11.0 Å². The highest BCUT2D eigenvalue weighted by atomic mass is 32.1. The van der Waals surface area contributed by atoms with Crippen LogP contribution in [-0.2, 0) is 4.74 Å². The molecule has 0 spiro atoms. The first kappa shape index (κ1) is 15.2. The number of carbonyl (C=O) groups excluding carboxylic acids is 2. The van der Waals surface area contributed by atoms with Gasteiger partial charge in [0, 0.05) is 5.56 Å².